The van der Waals surface area contributed by atoms with Gasteiger partial charge >= 0.3 is 0 Å². The number of nitrogens with zero attached hydrogens (tertiary/aromatic N) is 1. The monoisotopic (exact) mass is 169 g/mol. The van der Waals surface area contributed by atoms with Gasteiger partial charge in [-0.1, -0.05) is 6.08 Å². The number of ether oxygens (including phenoxy) is 1. The van der Waals surface area contributed by atoms with E-state index < -0.39 is 0 Å². The topological polar surface area (TPSA) is 12.5 Å². The Balaban J connectivity index is 2.37. The van der Waals surface area contributed by atoms with Crippen LogP contribution < -0.4 is 0 Å². The molecule has 0 atom stereocenters. The molecule has 0 aromatic heterocycles. The molecule has 0 bridgehead atoms. The maximum Gasteiger partial charge on any atom is 0.118 e. The maximum atomic E-state index is 5.40. The second kappa shape index (κ2) is 4.51. The van der Waals surface area contributed by atoms with E-state index in [4.69, 9.17) is 4.74 Å². The van der Waals surface area contributed by atoms with Crippen LogP contribution in [0.5, 0.6) is 0 Å². The lowest BCUT2D eigenvalue weighted by molar-refractivity contribution is 0.0510. The number of hydrogen-bond donors (Lipinski definition) is 0. The Morgan fingerprint density at radius 2 is 2.25 bits per heavy atom. The summed E-state index contributed by atoms with van der Waals surface area (Å²) in [7, 11) is 0. The second-order valence-corrected chi connectivity index (χ2v) is 3.25. The highest BCUT2D eigenvalue weighted by molar-refractivity contribution is 5.01. The fourth-order valence-electron chi connectivity index (χ4n) is 1.24. The SMILES string of the molecule is C/C=C(/C)N(COCC)C1CC1. The molecule has 0 heterocycles. The molecule has 0 amide bonds. The van der Waals surface area contributed by atoms with Gasteiger partial charge in [0.15, 0.2) is 0 Å². The zero-order valence-corrected chi connectivity index (χ0v) is 8.34. The van der Waals surface area contributed by atoms with Gasteiger partial charge in [0.2, 0.25) is 0 Å². The third kappa shape index (κ3) is 2.52. The predicted octanol–water partition coefficient (Wildman–Crippen LogP) is 2.37. The Labute approximate surface area is 75.2 Å². The van der Waals surface area contributed by atoms with E-state index in [0.717, 1.165) is 19.4 Å². The molecule has 70 valence electrons. The Bertz CT molecular complexity index is 161. The van der Waals surface area contributed by atoms with E-state index in [0.29, 0.717) is 0 Å². The quantitative estimate of drug-likeness (QED) is 0.586. The van der Waals surface area contributed by atoms with Crippen LogP contribution >= 0.6 is 0 Å². The zero-order chi connectivity index (χ0) is 8.97. The van der Waals surface area contributed by atoms with Gasteiger partial charge < -0.3 is 9.64 Å². The molecule has 0 spiro atoms. The molecule has 0 unspecified atom stereocenters. The van der Waals surface area contributed by atoms with Crippen LogP contribution in [-0.4, -0.2) is 24.3 Å². The van der Waals surface area contributed by atoms with Gasteiger partial charge in [0, 0.05) is 18.3 Å². The Kier molecular flexibility index (Phi) is 3.60. The molecule has 0 saturated heterocycles. The first-order valence-electron chi connectivity index (χ1n) is 4.77. The van der Waals surface area contributed by atoms with Crippen molar-refractivity contribution in [2.45, 2.75) is 39.7 Å². The van der Waals surface area contributed by atoms with Crippen LogP contribution in [0.1, 0.15) is 33.6 Å². The van der Waals surface area contributed by atoms with Crippen molar-refractivity contribution in [1.82, 2.24) is 4.90 Å². The highest BCUT2D eigenvalue weighted by atomic mass is 16.5. The average Bonchev–Trinajstić information content (AvgIpc) is 2.88. The van der Waals surface area contributed by atoms with Crippen molar-refractivity contribution in [1.29, 1.82) is 0 Å². The van der Waals surface area contributed by atoms with Gasteiger partial charge in [0.1, 0.15) is 6.73 Å². The summed E-state index contributed by atoms with van der Waals surface area (Å²) in [6.07, 6.45) is 4.81. The molecule has 0 radical (unpaired) electrons. The van der Waals surface area contributed by atoms with Crippen LogP contribution in [0.4, 0.5) is 0 Å². The molecule has 12 heavy (non-hydrogen) atoms. The minimum absolute atomic E-state index is 0.757. The van der Waals surface area contributed by atoms with Crippen LogP contribution in [0.2, 0.25) is 0 Å². The lowest BCUT2D eigenvalue weighted by Crippen LogP contribution is -2.26. The first-order chi connectivity index (χ1) is 5.79. The van der Waals surface area contributed by atoms with Crippen LogP contribution in [-0.2, 0) is 4.74 Å². The van der Waals surface area contributed by atoms with Gasteiger partial charge in [-0.15, -0.1) is 0 Å². The van der Waals surface area contributed by atoms with Crippen molar-refractivity contribution >= 4 is 0 Å². The molecule has 2 heteroatoms. The van der Waals surface area contributed by atoms with E-state index in [1.807, 2.05) is 6.92 Å². The Morgan fingerprint density at radius 3 is 2.67 bits per heavy atom. The summed E-state index contributed by atoms with van der Waals surface area (Å²) in [5, 5.41) is 0. The summed E-state index contributed by atoms with van der Waals surface area (Å²) < 4.78 is 5.40. The normalized spacial score (nSPS) is 18.1. The van der Waals surface area contributed by atoms with Crippen molar-refractivity contribution in [2.75, 3.05) is 13.3 Å². The molecule has 0 aromatic carbocycles. The lowest BCUT2D eigenvalue weighted by Gasteiger charge is -2.24. The molecule has 0 N–H and O–H groups in total. The van der Waals surface area contributed by atoms with Gasteiger partial charge in [-0.3, -0.25) is 0 Å². The van der Waals surface area contributed by atoms with Gasteiger partial charge in [0.05, 0.1) is 0 Å². The standard InChI is InChI=1S/C10H19NO/c1-4-9(3)11(8-12-5-2)10-6-7-10/h4,10H,5-8H2,1-3H3/b9-4-. The van der Waals surface area contributed by atoms with Crippen LogP contribution in [0.25, 0.3) is 0 Å². The summed E-state index contributed by atoms with van der Waals surface area (Å²) in [5.74, 6) is 0. The maximum absolute atomic E-state index is 5.40. The molecule has 1 aliphatic rings. The number of hydrogen-bond acceptors (Lipinski definition) is 2. The van der Waals surface area contributed by atoms with Gasteiger partial charge in [-0.25, -0.2) is 0 Å². The first-order valence-corrected chi connectivity index (χ1v) is 4.77. The van der Waals surface area contributed by atoms with Crippen molar-refractivity contribution in [3.8, 4) is 0 Å². The first kappa shape index (κ1) is 9.59. The van der Waals surface area contributed by atoms with Crippen molar-refractivity contribution < 1.29 is 4.74 Å². The van der Waals surface area contributed by atoms with Gasteiger partial charge in [0.25, 0.3) is 0 Å². The molecule has 1 aliphatic carbocycles. The number of allylic oxidation sites excluding steroid dienone is 2. The van der Waals surface area contributed by atoms with Gasteiger partial charge in [-0.2, -0.15) is 0 Å². The Hall–Kier alpha value is -0.500. The molecule has 1 saturated carbocycles. The van der Waals surface area contributed by atoms with Crippen LogP contribution in [0.3, 0.4) is 0 Å². The van der Waals surface area contributed by atoms with E-state index >= 15 is 0 Å². The predicted molar refractivity (Wildman–Crippen MR) is 50.8 cm³/mol. The highest BCUT2D eigenvalue weighted by Gasteiger charge is 2.28. The largest absolute Gasteiger partial charge is 0.361 e. The molecular weight excluding hydrogens is 150 g/mol. The van der Waals surface area contributed by atoms with E-state index in [1.165, 1.54) is 18.5 Å². The molecule has 1 fully saturated rings. The number of rotatable bonds is 5. The second-order valence-electron chi connectivity index (χ2n) is 3.25. The summed E-state index contributed by atoms with van der Waals surface area (Å²) >= 11 is 0. The van der Waals surface area contributed by atoms with Gasteiger partial charge in [-0.05, 0) is 33.6 Å². The van der Waals surface area contributed by atoms with E-state index in [-0.39, 0.29) is 0 Å². The lowest BCUT2D eigenvalue weighted by atomic mass is 10.4. The third-order valence-corrected chi connectivity index (χ3v) is 2.29. The van der Waals surface area contributed by atoms with Crippen molar-refractivity contribution in [3.63, 3.8) is 0 Å². The summed E-state index contributed by atoms with van der Waals surface area (Å²) in [6.45, 7) is 7.83. The molecule has 2 nitrogen and oxygen atoms in total. The van der Waals surface area contributed by atoms with E-state index in [2.05, 4.69) is 24.8 Å². The fraction of sp³-hybridized carbons (Fsp3) is 0.800. The van der Waals surface area contributed by atoms with Crippen molar-refractivity contribution in [3.05, 3.63) is 11.8 Å². The zero-order valence-electron chi connectivity index (χ0n) is 8.34. The molecule has 0 aliphatic heterocycles. The minimum Gasteiger partial charge on any atom is -0.361 e. The average molecular weight is 169 g/mol. The van der Waals surface area contributed by atoms with E-state index in [9.17, 15) is 0 Å². The van der Waals surface area contributed by atoms with Crippen molar-refractivity contribution in [2.24, 2.45) is 0 Å². The van der Waals surface area contributed by atoms with Crippen LogP contribution in [0.15, 0.2) is 11.8 Å². The fourth-order valence-corrected chi connectivity index (χ4v) is 1.24. The third-order valence-electron chi connectivity index (χ3n) is 2.29. The Morgan fingerprint density at radius 1 is 1.58 bits per heavy atom. The minimum atomic E-state index is 0.757. The molecular formula is C10H19NO. The summed E-state index contributed by atoms with van der Waals surface area (Å²) in [5.41, 5.74) is 1.34. The van der Waals surface area contributed by atoms with Crippen LogP contribution in [0, 0.1) is 0 Å². The highest BCUT2D eigenvalue weighted by Crippen LogP contribution is 2.29. The summed E-state index contributed by atoms with van der Waals surface area (Å²) in [4.78, 5) is 2.35. The smallest absolute Gasteiger partial charge is 0.118 e. The van der Waals surface area contributed by atoms with E-state index in [1.54, 1.807) is 0 Å². The molecule has 0 aromatic rings. The summed E-state index contributed by atoms with van der Waals surface area (Å²) in [6, 6.07) is 0.757. The molecule has 1 rings (SSSR count).